The van der Waals surface area contributed by atoms with E-state index in [-0.39, 0.29) is 0 Å². The molecule has 5 heteroatoms. The summed E-state index contributed by atoms with van der Waals surface area (Å²) in [5, 5.41) is 10.3. The highest BCUT2D eigenvalue weighted by molar-refractivity contribution is 5.78. The van der Waals surface area contributed by atoms with Crippen molar-refractivity contribution in [3.8, 4) is 0 Å². The molecule has 0 atom stereocenters. The Labute approximate surface area is 103 Å². The summed E-state index contributed by atoms with van der Waals surface area (Å²) in [4.78, 5) is 6.38. The van der Waals surface area contributed by atoms with Gasteiger partial charge in [0, 0.05) is 13.1 Å². The minimum atomic E-state index is -0.616. The molecule has 0 amide bonds. The summed E-state index contributed by atoms with van der Waals surface area (Å²) < 4.78 is 5.26. The topological polar surface area (TPSA) is 71.1 Å². The Morgan fingerprint density at radius 2 is 1.88 bits per heavy atom. The fraction of sp³-hybridized carbons (Fsp3) is 0.917. The highest BCUT2D eigenvalue weighted by atomic mass is 16.5. The van der Waals surface area contributed by atoms with E-state index in [1.165, 1.54) is 6.42 Å². The molecule has 0 bridgehead atoms. The highest BCUT2D eigenvalue weighted by Gasteiger charge is 2.29. The lowest BCUT2D eigenvalue weighted by Gasteiger charge is -2.32. The van der Waals surface area contributed by atoms with Crippen LogP contribution in [-0.4, -0.2) is 54.4 Å². The van der Waals surface area contributed by atoms with Crippen LogP contribution in [0.3, 0.4) is 0 Å². The molecule has 1 saturated carbocycles. The van der Waals surface area contributed by atoms with Gasteiger partial charge in [0.1, 0.15) is 0 Å². The average Bonchev–Trinajstić information content (AvgIpc) is 2.38. The van der Waals surface area contributed by atoms with Gasteiger partial charge in [0.2, 0.25) is 0 Å². The van der Waals surface area contributed by atoms with Crippen molar-refractivity contribution in [3.63, 3.8) is 0 Å². The lowest BCUT2D eigenvalue weighted by molar-refractivity contribution is 0.0127. The average molecular weight is 241 g/mol. The summed E-state index contributed by atoms with van der Waals surface area (Å²) in [6, 6.07) is 0. The van der Waals surface area contributed by atoms with Gasteiger partial charge in [-0.3, -0.25) is 4.99 Å². The van der Waals surface area contributed by atoms with Crippen LogP contribution in [0.4, 0.5) is 0 Å². The molecule has 2 aliphatic rings. The normalized spacial score (nSPS) is 25.9. The monoisotopic (exact) mass is 241 g/mol. The Bertz CT molecular complexity index is 269. The van der Waals surface area contributed by atoms with E-state index in [1.54, 1.807) is 0 Å². The molecule has 98 valence electrons. The van der Waals surface area contributed by atoms with Crippen LogP contribution in [0, 0.1) is 0 Å². The van der Waals surface area contributed by atoms with Crippen molar-refractivity contribution in [1.82, 2.24) is 4.90 Å². The lowest BCUT2D eigenvalue weighted by Crippen LogP contribution is -2.46. The third-order valence-corrected chi connectivity index (χ3v) is 3.65. The van der Waals surface area contributed by atoms with Crippen molar-refractivity contribution in [3.05, 3.63) is 0 Å². The highest BCUT2D eigenvalue weighted by Crippen LogP contribution is 2.28. The van der Waals surface area contributed by atoms with Gasteiger partial charge >= 0.3 is 0 Å². The first-order valence-corrected chi connectivity index (χ1v) is 6.55. The van der Waals surface area contributed by atoms with Gasteiger partial charge in [0.05, 0.1) is 25.4 Å². The van der Waals surface area contributed by atoms with Crippen molar-refractivity contribution in [2.75, 3.05) is 32.8 Å². The predicted octanol–water partition coefficient (Wildman–Crippen LogP) is 0.328. The maximum atomic E-state index is 10.3. The first-order chi connectivity index (χ1) is 8.20. The summed E-state index contributed by atoms with van der Waals surface area (Å²) >= 11 is 0. The maximum Gasteiger partial charge on any atom is 0.191 e. The molecule has 2 fully saturated rings. The van der Waals surface area contributed by atoms with Gasteiger partial charge in [-0.1, -0.05) is 19.3 Å². The van der Waals surface area contributed by atoms with Crippen LogP contribution in [0.5, 0.6) is 0 Å². The molecule has 1 heterocycles. The molecule has 1 aliphatic carbocycles. The molecule has 0 radical (unpaired) electrons. The van der Waals surface area contributed by atoms with E-state index in [2.05, 4.69) is 4.99 Å². The van der Waals surface area contributed by atoms with E-state index < -0.39 is 5.60 Å². The minimum absolute atomic E-state index is 0.441. The van der Waals surface area contributed by atoms with Gasteiger partial charge in [0.15, 0.2) is 5.96 Å². The van der Waals surface area contributed by atoms with Gasteiger partial charge in [-0.2, -0.15) is 0 Å². The van der Waals surface area contributed by atoms with Crippen LogP contribution in [0.1, 0.15) is 32.1 Å². The van der Waals surface area contributed by atoms with E-state index in [9.17, 15) is 5.11 Å². The minimum Gasteiger partial charge on any atom is -0.388 e. The van der Waals surface area contributed by atoms with Crippen LogP contribution in [0.25, 0.3) is 0 Å². The molecule has 5 nitrogen and oxygen atoms in total. The zero-order valence-corrected chi connectivity index (χ0v) is 10.4. The molecule has 0 aromatic heterocycles. The second kappa shape index (κ2) is 5.69. The van der Waals surface area contributed by atoms with Crippen LogP contribution in [0.15, 0.2) is 4.99 Å². The number of nitrogens with zero attached hydrogens (tertiary/aromatic N) is 2. The SMILES string of the molecule is NC(=NCC1(O)CCCCC1)N1CCOCC1. The molecule has 0 aromatic rings. The van der Waals surface area contributed by atoms with Crippen molar-refractivity contribution in [2.24, 2.45) is 10.7 Å². The molecule has 1 saturated heterocycles. The van der Waals surface area contributed by atoms with Gasteiger partial charge in [-0.05, 0) is 12.8 Å². The number of ether oxygens (including phenoxy) is 1. The second-order valence-electron chi connectivity index (χ2n) is 5.06. The molecule has 3 N–H and O–H groups in total. The van der Waals surface area contributed by atoms with Crippen molar-refractivity contribution in [2.45, 2.75) is 37.7 Å². The number of hydrogen-bond donors (Lipinski definition) is 2. The summed E-state index contributed by atoms with van der Waals surface area (Å²) in [6.45, 7) is 3.46. The molecular formula is C12H23N3O2. The Balaban J connectivity index is 1.85. The Kier molecular flexibility index (Phi) is 4.23. The van der Waals surface area contributed by atoms with Crippen LogP contribution < -0.4 is 5.73 Å². The predicted molar refractivity (Wildman–Crippen MR) is 66.9 cm³/mol. The summed E-state index contributed by atoms with van der Waals surface area (Å²) in [5.74, 6) is 0.548. The fourth-order valence-electron chi connectivity index (χ4n) is 2.49. The first-order valence-electron chi connectivity index (χ1n) is 6.55. The number of guanidine groups is 1. The number of aliphatic imine (C=N–C) groups is 1. The van der Waals surface area contributed by atoms with Gasteiger partial charge in [-0.15, -0.1) is 0 Å². The van der Waals surface area contributed by atoms with Crippen molar-refractivity contribution < 1.29 is 9.84 Å². The van der Waals surface area contributed by atoms with Crippen molar-refractivity contribution in [1.29, 1.82) is 0 Å². The summed E-state index contributed by atoms with van der Waals surface area (Å²) in [6.07, 6.45) is 5.14. The fourth-order valence-corrected chi connectivity index (χ4v) is 2.49. The number of nitrogens with two attached hydrogens (primary N) is 1. The number of aliphatic hydroxyl groups is 1. The lowest BCUT2D eigenvalue weighted by atomic mass is 9.85. The van der Waals surface area contributed by atoms with E-state index in [0.29, 0.717) is 25.7 Å². The van der Waals surface area contributed by atoms with Crippen LogP contribution >= 0.6 is 0 Å². The van der Waals surface area contributed by atoms with E-state index in [0.717, 1.165) is 38.8 Å². The Morgan fingerprint density at radius 1 is 1.24 bits per heavy atom. The van der Waals surface area contributed by atoms with E-state index >= 15 is 0 Å². The molecular weight excluding hydrogens is 218 g/mol. The standard InChI is InChI=1S/C12H23N3O2/c13-11(15-6-8-17-9-7-15)14-10-12(16)4-2-1-3-5-12/h16H,1-10H2,(H2,13,14). The molecule has 1 aliphatic heterocycles. The number of hydrogen-bond acceptors (Lipinski definition) is 3. The van der Waals surface area contributed by atoms with E-state index in [4.69, 9.17) is 10.5 Å². The van der Waals surface area contributed by atoms with Gasteiger partial charge in [0.25, 0.3) is 0 Å². The molecule has 0 spiro atoms. The zero-order chi connectivity index (χ0) is 12.1. The first kappa shape index (κ1) is 12.6. The largest absolute Gasteiger partial charge is 0.388 e. The number of morpholine rings is 1. The maximum absolute atomic E-state index is 10.3. The number of rotatable bonds is 2. The molecule has 0 unspecified atom stereocenters. The molecule has 0 aromatic carbocycles. The Hall–Kier alpha value is -0.810. The smallest absolute Gasteiger partial charge is 0.191 e. The van der Waals surface area contributed by atoms with E-state index in [1.807, 2.05) is 4.90 Å². The van der Waals surface area contributed by atoms with Gasteiger partial charge < -0.3 is 20.5 Å². The van der Waals surface area contributed by atoms with Crippen LogP contribution in [-0.2, 0) is 4.74 Å². The summed E-state index contributed by atoms with van der Waals surface area (Å²) in [7, 11) is 0. The second-order valence-corrected chi connectivity index (χ2v) is 5.06. The molecule has 17 heavy (non-hydrogen) atoms. The quantitative estimate of drug-likeness (QED) is 0.540. The van der Waals surface area contributed by atoms with Crippen molar-refractivity contribution >= 4 is 5.96 Å². The molecule has 2 rings (SSSR count). The zero-order valence-electron chi connectivity index (χ0n) is 10.4. The third-order valence-electron chi connectivity index (χ3n) is 3.65. The summed E-state index contributed by atoms with van der Waals surface area (Å²) in [5.41, 5.74) is 5.32. The third kappa shape index (κ3) is 3.57. The Morgan fingerprint density at radius 3 is 2.53 bits per heavy atom. The van der Waals surface area contributed by atoms with Crippen LogP contribution in [0.2, 0.25) is 0 Å². The van der Waals surface area contributed by atoms with Gasteiger partial charge in [-0.25, -0.2) is 0 Å².